The Morgan fingerprint density at radius 2 is 2.46 bits per heavy atom. The maximum absolute atomic E-state index is 10.5. The minimum Gasteiger partial charge on any atom is -0.365 e. The molecule has 0 bridgehead atoms. The summed E-state index contributed by atoms with van der Waals surface area (Å²) in [5.41, 5.74) is 1.39. The third kappa shape index (κ3) is 0.951. The molecule has 0 aromatic heterocycles. The van der Waals surface area contributed by atoms with Crippen LogP contribution in [0.25, 0.3) is 0 Å². The summed E-state index contributed by atoms with van der Waals surface area (Å²) in [4.78, 5) is 10.2. The highest BCUT2D eigenvalue weighted by molar-refractivity contribution is 5.35. The number of ether oxygens (including phenoxy) is 1. The van der Waals surface area contributed by atoms with Crippen molar-refractivity contribution in [3.8, 4) is 0 Å². The number of epoxide rings is 1. The molecule has 3 rings (SSSR count). The van der Waals surface area contributed by atoms with E-state index in [-0.39, 0.29) is 16.7 Å². The normalized spacial score (nSPS) is 40.2. The Bertz CT molecular complexity index is 345. The van der Waals surface area contributed by atoms with E-state index in [1.54, 1.807) is 12.2 Å². The number of allylic oxidation sites excluding steroid dienone is 2. The van der Waals surface area contributed by atoms with Gasteiger partial charge in [0.15, 0.2) is 0 Å². The molecule has 4 heteroatoms. The number of nitro groups is 1. The van der Waals surface area contributed by atoms with Crippen LogP contribution in [0.15, 0.2) is 23.4 Å². The monoisotopic (exact) mass is 179 g/mol. The highest BCUT2D eigenvalue weighted by atomic mass is 16.6. The van der Waals surface area contributed by atoms with Gasteiger partial charge in [0.05, 0.1) is 11.0 Å². The molecular weight excluding hydrogens is 170 g/mol. The van der Waals surface area contributed by atoms with Gasteiger partial charge in [-0.15, -0.1) is 0 Å². The van der Waals surface area contributed by atoms with Crippen molar-refractivity contribution in [3.05, 3.63) is 33.5 Å². The molecule has 0 aromatic carbocycles. The molecule has 1 aliphatic heterocycles. The molecule has 1 heterocycles. The second-order valence-corrected chi connectivity index (χ2v) is 3.79. The Hall–Kier alpha value is -1.16. The fourth-order valence-electron chi connectivity index (χ4n) is 2.32. The van der Waals surface area contributed by atoms with Crippen LogP contribution < -0.4 is 0 Å². The van der Waals surface area contributed by atoms with Crippen LogP contribution in [-0.2, 0) is 4.74 Å². The van der Waals surface area contributed by atoms with E-state index in [0.29, 0.717) is 12.0 Å². The number of hydrogen-bond donors (Lipinski definition) is 0. The van der Waals surface area contributed by atoms with E-state index in [1.165, 1.54) is 0 Å². The molecule has 3 aliphatic rings. The van der Waals surface area contributed by atoms with Gasteiger partial charge in [0, 0.05) is 6.08 Å². The van der Waals surface area contributed by atoms with Gasteiger partial charge < -0.3 is 4.74 Å². The lowest BCUT2D eigenvalue weighted by Crippen LogP contribution is -2.10. The maximum atomic E-state index is 10.5. The fourth-order valence-corrected chi connectivity index (χ4v) is 2.32. The van der Waals surface area contributed by atoms with Gasteiger partial charge in [-0.05, 0) is 30.4 Å². The molecule has 3 unspecified atom stereocenters. The molecule has 0 radical (unpaired) electrons. The van der Waals surface area contributed by atoms with E-state index in [9.17, 15) is 10.1 Å². The molecule has 0 amide bonds. The third-order valence-corrected chi connectivity index (χ3v) is 3.04. The quantitative estimate of drug-likeness (QED) is 0.346. The van der Waals surface area contributed by atoms with Crippen molar-refractivity contribution in [1.29, 1.82) is 0 Å². The minimum absolute atomic E-state index is 0.216. The van der Waals surface area contributed by atoms with Gasteiger partial charge in [0.2, 0.25) is 0 Å². The summed E-state index contributed by atoms with van der Waals surface area (Å²) >= 11 is 0. The summed E-state index contributed by atoms with van der Waals surface area (Å²) in [7, 11) is 0. The number of rotatable bonds is 1. The van der Waals surface area contributed by atoms with Crippen molar-refractivity contribution in [3.63, 3.8) is 0 Å². The first-order valence-electron chi connectivity index (χ1n) is 4.47. The SMILES string of the molecule is O=[N+]([O-])C1=CCC2CC3OC3C2=C1. The van der Waals surface area contributed by atoms with E-state index >= 15 is 0 Å². The average molecular weight is 179 g/mol. The number of fused-ring (bicyclic) bond motifs is 3. The van der Waals surface area contributed by atoms with Crippen LogP contribution in [0.4, 0.5) is 0 Å². The van der Waals surface area contributed by atoms with Crippen LogP contribution in [0.1, 0.15) is 12.8 Å². The molecule has 68 valence electrons. The summed E-state index contributed by atoms with van der Waals surface area (Å²) < 4.78 is 5.33. The Labute approximate surface area is 75.0 Å². The molecule has 3 atom stereocenters. The van der Waals surface area contributed by atoms with Gasteiger partial charge in [-0.1, -0.05) is 0 Å². The lowest BCUT2D eigenvalue weighted by atomic mass is 9.92. The van der Waals surface area contributed by atoms with Gasteiger partial charge in [-0.3, -0.25) is 10.1 Å². The minimum atomic E-state index is -0.321. The molecule has 0 spiro atoms. The van der Waals surface area contributed by atoms with Crippen molar-refractivity contribution in [2.45, 2.75) is 25.0 Å². The predicted molar refractivity (Wildman–Crippen MR) is 44.5 cm³/mol. The van der Waals surface area contributed by atoms with Crippen LogP contribution in [0, 0.1) is 16.0 Å². The van der Waals surface area contributed by atoms with E-state index in [2.05, 4.69) is 0 Å². The van der Waals surface area contributed by atoms with E-state index in [4.69, 9.17) is 4.74 Å². The van der Waals surface area contributed by atoms with Crippen LogP contribution in [-0.4, -0.2) is 17.1 Å². The first-order valence-corrected chi connectivity index (χ1v) is 4.47. The smallest absolute Gasteiger partial charge is 0.265 e. The fraction of sp³-hybridized carbons (Fsp3) is 0.556. The summed E-state index contributed by atoms with van der Waals surface area (Å²) in [5.74, 6) is 0.521. The zero-order valence-electron chi connectivity index (χ0n) is 6.97. The highest BCUT2D eigenvalue weighted by Gasteiger charge is 2.52. The zero-order valence-corrected chi connectivity index (χ0v) is 6.97. The van der Waals surface area contributed by atoms with Crippen molar-refractivity contribution in [2.75, 3.05) is 0 Å². The van der Waals surface area contributed by atoms with Crippen molar-refractivity contribution in [1.82, 2.24) is 0 Å². The molecule has 0 N–H and O–H groups in total. The standard InChI is InChI=1S/C9H9NO3/c11-10(12)6-2-1-5-3-8-9(13-8)7(5)4-6/h2,4-5,8-9H,1,3H2. The van der Waals surface area contributed by atoms with Crippen molar-refractivity contribution >= 4 is 0 Å². The van der Waals surface area contributed by atoms with Gasteiger partial charge in [0.1, 0.15) is 6.10 Å². The van der Waals surface area contributed by atoms with Gasteiger partial charge >= 0.3 is 0 Å². The highest BCUT2D eigenvalue weighted by Crippen LogP contribution is 2.49. The summed E-state index contributed by atoms with van der Waals surface area (Å²) in [6, 6.07) is 0. The molecule has 4 nitrogen and oxygen atoms in total. The molecule has 1 saturated carbocycles. The second-order valence-electron chi connectivity index (χ2n) is 3.79. The Kier molecular flexibility index (Phi) is 1.23. The second kappa shape index (κ2) is 2.20. The van der Waals surface area contributed by atoms with Gasteiger partial charge in [-0.2, -0.15) is 0 Å². The molecule has 0 aromatic rings. The molecule has 2 fully saturated rings. The topological polar surface area (TPSA) is 55.7 Å². The van der Waals surface area contributed by atoms with Crippen molar-refractivity contribution < 1.29 is 9.66 Å². The largest absolute Gasteiger partial charge is 0.365 e. The summed E-state index contributed by atoms with van der Waals surface area (Å²) in [6.45, 7) is 0. The molecule has 2 aliphatic carbocycles. The van der Waals surface area contributed by atoms with Crippen LogP contribution in [0.5, 0.6) is 0 Å². The molecule has 1 saturated heterocycles. The first-order chi connectivity index (χ1) is 6.25. The van der Waals surface area contributed by atoms with E-state index in [0.717, 1.165) is 18.4 Å². The third-order valence-electron chi connectivity index (χ3n) is 3.04. The maximum Gasteiger partial charge on any atom is 0.265 e. The average Bonchev–Trinajstić information content (AvgIpc) is 2.78. The van der Waals surface area contributed by atoms with E-state index < -0.39 is 0 Å². The Morgan fingerprint density at radius 3 is 3.23 bits per heavy atom. The summed E-state index contributed by atoms with van der Waals surface area (Å²) in [5, 5.41) is 10.5. The van der Waals surface area contributed by atoms with Gasteiger partial charge in [-0.25, -0.2) is 0 Å². The number of hydrogen-bond acceptors (Lipinski definition) is 3. The Balaban J connectivity index is 1.93. The van der Waals surface area contributed by atoms with Crippen LogP contribution in [0.2, 0.25) is 0 Å². The lowest BCUT2D eigenvalue weighted by molar-refractivity contribution is -0.419. The summed E-state index contributed by atoms with van der Waals surface area (Å²) in [6.07, 6.45) is 5.88. The lowest BCUT2D eigenvalue weighted by Gasteiger charge is -2.14. The van der Waals surface area contributed by atoms with E-state index in [1.807, 2.05) is 0 Å². The van der Waals surface area contributed by atoms with Crippen LogP contribution >= 0.6 is 0 Å². The number of nitrogens with zero attached hydrogens (tertiary/aromatic N) is 1. The predicted octanol–water partition coefficient (Wildman–Crippen LogP) is 1.26. The van der Waals surface area contributed by atoms with Crippen LogP contribution in [0.3, 0.4) is 0 Å². The Morgan fingerprint density at radius 1 is 1.62 bits per heavy atom. The molecular formula is C9H9NO3. The zero-order chi connectivity index (χ0) is 9.00. The molecule has 13 heavy (non-hydrogen) atoms. The first kappa shape index (κ1) is 7.26. The van der Waals surface area contributed by atoms with Gasteiger partial charge in [0.25, 0.3) is 5.70 Å². The van der Waals surface area contributed by atoms with Crippen molar-refractivity contribution in [2.24, 2.45) is 5.92 Å².